The minimum Gasteiger partial charge on any atom is -0.325 e. The molecule has 1 aromatic heterocycles. The SMILES string of the molecule is Cn1nc(CN)c(Br)c1-c1cccc(F)c1. The van der Waals surface area contributed by atoms with Crippen molar-refractivity contribution in [2.75, 3.05) is 0 Å². The number of halogens is 2. The van der Waals surface area contributed by atoms with Crippen LogP contribution in [-0.4, -0.2) is 9.78 Å². The Morgan fingerprint density at radius 2 is 2.25 bits per heavy atom. The molecule has 0 saturated carbocycles. The predicted octanol–water partition coefficient (Wildman–Crippen LogP) is 2.45. The van der Waals surface area contributed by atoms with Crippen LogP contribution in [0, 0.1) is 5.82 Å². The Morgan fingerprint density at radius 1 is 1.50 bits per heavy atom. The molecule has 0 bridgehead atoms. The van der Waals surface area contributed by atoms with Crippen molar-refractivity contribution >= 4 is 15.9 Å². The van der Waals surface area contributed by atoms with Crippen LogP contribution in [-0.2, 0) is 13.6 Å². The molecule has 16 heavy (non-hydrogen) atoms. The fourth-order valence-electron chi connectivity index (χ4n) is 1.63. The molecule has 0 aliphatic rings. The third-order valence-corrected chi connectivity index (χ3v) is 3.18. The molecule has 2 rings (SSSR count). The Bertz CT molecular complexity index is 522. The Balaban J connectivity index is 2.60. The maximum absolute atomic E-state index is 13.1. The van der Waals surface area contributed by atoms with Gasteiger partial charge in [0.05, 0.1) is 15.9 Å². The lowest BCUT2D eigenvalue weighted by Crippen LogP contribution is -1.99. The van der Waals surface area contributed by atoms with Crippen molar-refractivity contribution in [1.29, 1.82) is 0 Å². The molecule has 0 amide bonds. The lowest BCUT2D eigenvalue weighted by molar-refractivity contribution is 0.628. The van der Waals surface area contributed by atoms with Gasteiger partial charge in [0.1, 0.15) is 5.82 Å². The average Bonchev–Trinajstić information content (AvgIpc) is 2.53. The summed E-state index contributed by atoms with van der Waals surface area (Å²) in [5, 5.41) is 4.26. The van der Waals surface area contributed by atoms with E-state index in [1.165, 1.54) is 12.1 Å². The van der Waals surface area contributed by atoms with Gasteiger partial charge in [-0.1, -0.05) is 12.1 Å². The number of nitrogens with zero attached hydrogens (tertiary/aromatic N) is 2. The van der Waals surface area contributed by atoms with Gasteiger partial charge in [-0.2, -0.15) is 5.10 Å². The first-order chi connectivity index (χ1) is 7.63. The number of nitrogens with two attached hydrogens (primary N) is 1. The first-order valence-electron chi connectivity index (χ1n) is 4.81. The Kier molecular flexibility index (Phi) is 3.07. The zero-order valence-corrected chi connectivity index (χ0v) is 10.3. The highest BCUT2D eigenvalue weighted by Gasteiger charge is 2.14. The summed E-state index contributed by atoms with van der Waals surface area (Å²) < 4.78 is 15.7. The van der Waals surface area contributed by atoms with Crippen molar-refractivity contribution in [2.45, 2.75) is 6.54 Å². The fourth-order valence-corrected chi connectivity index (χ4v) is 2.36. The Morgan fingerprint density at radius 3 is 2.81 bits per heavy atom. The van der Waals surface area contributed by atoms with E-state index in [4.69, 9.17) is 5.73 Å². The van der Waals surface area contributed by atoms with E-state index in [2.05, 4.69) is 21.0 Å². The molecule has 2 N–H and O–H groups in total. The number of benzene rings is 1. The summed E-state index contributed by atoms with van der Waals surface area (Å²) in [7, 11) is 1.81. The van der Waals surface area contributed by atoms with Crippen LogP contribution in [0.4, 0.5) is 4.39 Å². The summed E-state index contributed by atoms with van der Waals surface area (Å²) in [5.74, 6) is -0.264. The second-order valence-electron chi connectivity index (χ2n) is 3.45. The number of aryl methyl sites for hydroxylation is 1. The van der Waals surface area contributed by atoms with Crippen molar-refractivity contribution in [3.8, 4) is 11.3 Å². The average molecular weight is 284 g/mol. The lowest BCUT2D eigenvalue weighted by atomic mass is 10.1. The van der Waals surface area contributed by atoms with Crippen LogP contribution in [0.5, 0.6) is 0 Å². The standard InChI is InChI=1S/C11H11BrFN3/c1-16-11(10(12)9(6-14)15-16)7-3-2-4-8(13)5-7/h2-5H,6,14H2,1H3. The van der Waals surface area contributed by atoms with E-state index in [1.807, 2.05) is 13.1 Å². The Hall–Kier alpha value is -1.20. The predicted molar refractivity (Wildman–Crippen MR) is 64.2 cm³/mol. The van der Waals surface area contributed by atoms with Gasteiger partial charge in [0.25, 0.3) is 0 Å². The molecular weight excluding hydrogens is 273 g/mol. The minimum atomic E-state index is -0.264. The molecule has 3 nitrogen and oxygen atoms in total. The number of aromatic nitrogens is 2. The highest BCUT2D eigenvalue weighted by molar-refractivity contribution is 9.10. The van der Waals surface area contributed by atoms with Crippen molar-refractivity contribution in [3.63, 3.8) is 0 Å². The summed E-state index contributed by atoms with van der Waals surface area (Å²) in [6, 6.07) is 6.40. The first kappa shape index (κ1) is 11.3. The number of hydrogen-bond acceptors (Lipinski definition) is 2. The van der Waals surface area contributed by atoms with Crippen LogP contribution in [0.3, 0.4) is 0 Å². The topological polar surface area (TPSA) is 43.8 Å². The van der Waals surface area contributed by atoms with E-state index in [0.717, 1.165) is 21.4 Å². The highest BCUT2D eigenvalue weighted by atomic mass is 79.9. The lowest BCUT2D eigenvalue weighted by Gasteiger charge is -2.02. The molecule has 5 heteroatoms. The number of hydrogen-bond donors (Lipinski definition) is 1. The van der Waals surface area contributed by atoms with E-state index in [9.17, 15) is 4.39 Å². The van der Waals surface area contributed by atoms with Gasteiger partial charge in [0.2, 0.25) is 0 Å². The van der Waals surface area contributed by atoms with Crippen LogP contribution < -0.4 is 5.73 Å². The number of rotatable bonds is 2. The quantitative estimate of drug-likeness (QED) is 0.920. The van der Waals surface area contributed by atoms with Gasteiger partial charge < -0.3 is 5.73 Å². The molecule has 1 aromatic carbocycles. The van der Waals surface area contributed by atoms with Crippen molar-refractivity contribution in [2.24, 2.45) is 12.8 Å². The van der Waals surface area contributed by atoms with Gasteiger partial charge in [0, 0.05) is 19.2 Å². The molecule has 2 aromatic rings. The molecule has 0 spiro atoms. The zero-order valence-electron chi connectivity index (χ0n) is 8.74. The van der Waals surface area contributed by atoms with Gasteiger partial charge in [-0.05, 0) is 28.1 Å². The maximum atomic E-state index is 13.1. The normalized spacial score (nSPS) is 10.8. The van der Waals surface area contributed by atoms with Crippen LogP contribution in [0.25, 0.3) is 11.3 Å². The summed E-state index contributed by atoms with van der Waals surface area (Å²) in [6.07, 6.45) is 0. The summed E-state index contributed by atoms with van der Waals surface area (Å²) in [5.41, 5.74) is 7.94. The fraction of sp³-hybridized carbons (Fsp3) is 0.182. The molecule has 0 atom stereocenters. The summed E-state index contributed by atoms with van der Waals surface area (Å²) >= 11 is 3.44. The molecule has 0 aliphatic carbocycles. The smallest absolute Gasteiger partial charge is 0.123 e. The highest BCUT2D eigenvalue weighted by Crippen LogP contribution is 2.30. The molecule has 0 unspecified atom stereocenters. The molecule has 0 saturated heterocycles. The largest absolute Gasteiger partial charge is 0.325 e. The van der Waals surface area contributed by atoms with Crippen LogP contribution >= 0.6 is 15.9 Å². The van der Waals surface area contributed by atoms with Gasteiger partial charge in [0.15, 0.2) is 0 Å². The second kappa shape index (κ2) is 4.35. The third kappa shape index (κ3) is 1.88. The minimum absolute atomic E-state index is 0.264. The van der Waals surface area contributed by atoms with E-state index >= 15 is 0 Å². The van der Waals surface area contributed by atoms with Crippen molar-refractivity contribution < 1.29 is 4.39 Å². The maximum Gasteiger partial charge on any atom is 0.123 e. The molecule has 0 fully saturated rings. The molecule has 0 radical (unpaired) electrons. The van der Waals surface area contributed by atoms with E-state index in [0.29, 0.717) is 6.54 Å². The second-order valence-corrected chi connectivity index (χ2v) is 4.24. The Labute approximate surface area is 101 Å². The molecular formula is C11H11BrFN3. The summed E-state index contributed by atoms with van der Waals surface area (Å²) in [6.45, 7) is 0.351. The van der Waals surface area contributed by atoms with Gasteiger partial charge in [-0.15, -0.1) is 0 Å². The van der Waals surface area contributed by atoms with Crippen molar-refractivity contribution in [3.05, 3.63) is 40.2 Å². The molecule has 0 aliphatic heterocycles. The van der Waals surface area contributed by atoms with E-state index < -0.39 is 0 Å². The zero-order chi connectivity index (χ0) is 11.7. The summed E-state index contributed by atoms with van der Waals surface area (Å²) in [4.78, 5) is 0. The van der Waals surface area contributed by atoms with Gasteiger partial charge >= 0.3 is 0 Å². The van der Waals surface area contributed by atoms with Gasteiger partial charge in [-0.3, -0.25) is 4.68 Å². The van der Waals surface area contributed by atoms with Gasteiger partial charge in [-0.25, -0.2) is 4.39 Å². The van der Waals surface area contributed by atoms with Crippen LogP contribution in [0.15, 0.2) is 28.7 Å². The van der Waals surface area contributed by atoms with Crippen LogP contribution in [0.2, 0.25) is 0 Å². The van der Waals surface area contributed by atoms with E-state index in [1.54, 1.807) is 10.7 Å². The van der Waals surface area contributed by atoms with Crippen molar-refractivity contribution in [1.82, 2.24) is 9.78 Å². The third-order valence-electron chi connectivity index (χ3n) is 2.35. The molecule has 84 valence electrons. The van der Waals surface area contributed by atoms with E-state index in [-0.39, 0.29) is 5.82 Å². The first-order valence-corrected chi connectivity index (χ1v) is 5.60. The van der Waals surface area contributed by atoms with Crippen LogP contribution in [0.1, 0.15) is 5.69 Å². The monoisotopic (exact) mass is 283 g/mol. The molecule has 1 heterocycles.